The van der Waals surface area contributed by atoms with Crippen molar-refractivity contribution in [2.24, 2.45) is 7.05 Å². The number of carbonyl (C=O) groups excluding carboxylic acids is 3. The number of hydrogen-bond donors (Lipinski definition) is 3. The second-order valence-electron chi connectivity index (χ2n) is 18.3. The fourth-order valence-electron chi connectivity index (χ4n) is 10.5. The monoisotopic (exact) mass is 883 g/mol. The number of imide groups is 1. The molecule has 6 atom stereocenters. The number of anilines is 4. The number of halogens is 1. The van der Waals surface area contributed by atoms with Gasteiger partial charge in [-0.2, -0.15) is 14.4 Å². The predicted molar refractivity (Wildman–Crippen MR) is 234 cm³/mol. The molecule has 4 aromatic rings. The van der Waals surface area contributed by atoms with Gasteiger partial charge in [0.1, 0.15) is 12.0 Å². The highest BCUT2D eigenvalue weighted by Gasteiger charge is 2.61. The molecule has 2 saturated carbocycles. The van der Waals surface area contributed by atoms with Gasteiger partial charge < -0.3 is 15.3 Å². The van der Waals surface area contributed by atoms with Crippen LogP contribution in [0.2, 0.25) is 0 Å². The van der Waals surface area contributed by atoms with Gasteiger partial charge in [0.2, 0.25) is 27.8 Å². The Balaban J connectivity index is 0.778. The molecule has 5 fully saturated rings. The number of rotatable bonds is 9. The molecule has 2 unspecified atom stereocenters. The predicted octanol–water partition coefficient (Wildman–Crippen LogP) is 3.98. The molecule has 10 rings (SSSR count). The van der Waals surface area contributed by atoms with Gasteiger partial charge in [-0.25, -0.2) is 22.6 Å². The summed E-state index contributed by atoms with van der Waals surface area (Å²) in [4.78, 5) is 55.3. The van der Waals surface area contributed by atoms with E-state index in [-0.39, 0.29) is 73.3 Å². The number of sulfonamides is 1. The molecule has 1 spiro atoms. The van der Waals surface area contributed by atoms with Crippen LogP contribution in [0, 0.1) is 0 Å². The number of aliphatic hydroxyl groups is 1. The Morgan fingerprint density at radius 3 is 2.57 bits per heavy atom. The third-order valence-electron chi connectivity index (χ3n) is 14.3. The average molecular weight is 884 g/mol. The van der Waals surface area contributed by atoms with E-state index in [1.807, 2.05) is 25.2 Å². The van der Waals surface area contributed by atoms with Gasteiger partial charge >= 0.3 is 6.03 Å². The molecule has 0 radical (unpaired) electrons. The van der Waals surface area contributed by atoms with Crippen molar-refractivity contribution in [3.63, 3.8) is 0 Å². The minimum absolute atomic E-state index is 0.0140. The van der Waals surface area contributed by atoms with Crippen LogP contribution >= 0.6 is 0 Å². The smallest absolute Gasteiger partial charge is 0.329 e. The number of aliphatic hydroxyl groups excluding tert-OH is 1. The number of aromatic nitrogens is 4. The van der Waals surface area contributed by atoms with Crippen molar-refractivity contribution in [3.05, 3.63) is 59.8 Å². The molecule has 6 heterocycles. The van der Waals surface area contributed by atoms with Gasteiger partial charge in [0.25, 0.3) is 0 Å². The van der Waals surface area contributed by atoms with Crippen molar-refractivity contribution in [2.45, 2.75) is 112 Å². The number of amides is 4. The number of benzene rings is 2. The first-order valence-electron chi connectivity index (χ1n) is 22.2. The zero-order chi connectivity index (χ0) is 43.9. The van der Waals surface area contributed by atoms with Crippen LogP contribution in [0.25, 0.3) is 10.9 Å². The molecule has 3 saturated heterocycles. The number of alkyl halides is 1. The lowest BCUT2D eigenvalue weighted by molar-refractivity contribution is -0.121. The molecule has 2 aromatic carbocycles. The van der Waals surface area contributed by atoms with E-state index in [9.17, 15) is 27.9 Å². The molecule has 6 aliphatic rings. The van der Waals surface area contributed by atoms with E-state index in [0.29, 0.717) is 24.5 Å². The van der Waals surface area contributed by atoms with Gasteiger partial charge in [-0.05, 0) is 94.7 Å². The minimum atomic E-state index is -4.01. The fraction of sp³-hybridized carbons (Fsp3) is 0.545. The minimum Gasteiger partial charge on any atom is -0.393 e. The molecule has 2 aliphatic carbocycles. The first-order chi connectivity index (χ1) is 30.2. The molecule has 3 N–H and O–H groups in total. The van der Waals surface area contributed by atoms with Crippen LogP contribution in [0.4, 0.5) is 32.5 Å². The summed E-state index contributed by atoms with van der Waals surface area (Å²) in [5, 5.41) is 21.3. The largest absolute Gasteiger partial charge is 0.393 e. The second-order valence-corrected chi connectivity index (χ2v) is 20.2. The zero-order valence-electron chi connectivity index (χ0n) is 35.8. The van der Waals surface area contributed by atoms with Crippen LogP contribution in [-0.4, -0.2) is 130 Å². The molecule has 4 aliphatic heterocycles. The van der Waals surface area contributed by atoms with E-state index in [2.05, 4.69) is 50.4 Å². The van der Waals surface area contributed by atoms with Gasteiger partial charge in [-0.1, -0.05) is 12.1 Å². The molecule has 17 nitrogen and oxygen atoms in total. The van der Waals surface area contributed by atoms with E-state index in [4.69, 9.17) is 4.98 Å². The summed E-state index contributed by atoms with van der Waals surface area (Å²) < 4.78 is 47.1. The van der Waals surface area contributed by atoms with Crippen molar-refractivity contribution >= 4 is 62.0 Å². The molecule has 63 heavy (non-hydrogen) atoms. The first-order valence-corrected chi connectivity index (χ1v) is 23.6. The van der Waals surface area contributed by atoms with Crippen molar-refractivity contribution in [2.75, 3.05) is 59.3 Å². The molecule has 2 aromatic heterocycles. The number of nitrogens with one attached hydrogen (secondary N) is 2. The highest BCUT2D eigenvalue weighted by molar-refractivity contribution is 7.89. The zero-order valence-corrected chi connectivity index (χ0v) is 36.6. The van der Waals surface area contributed by atoms with Crippen molar-refractivity contribution in [1.82, 2.24) is 34.3 Å². The normalized spacial score (nSPS) is 27.2. The van der Waals surface area contributed by atoms with Crippen LogP contribution < -0.4 is 25.3 Å². The van der Waals surface area contributed by atoms with Crippen LogP contribution in [-0.2, 0) is 32.1 Å². The lowest BCUT2D eigenvalue weighted by Gasteiger charge is -2.43. The van der Waals surface area contributed by atoms with E-state index < -0.39 is 39.8 Å². The topological polar surface area (TPSA) is 189 Å². The maximum atomic E-state index is 16.0. The molecule has 0 bridgehead atoms. The highest BCUT2D eigenvalue weighted by Crippen LogP contribution is 2.57. The SMILES string of the molecule is C[C@@H](c1cccc(S(=O)(=O)N2CCC(Nc3ncc4c(n3)N([C@@H]3CCCC(O)C3)C(=O)C43CC3)[C@H](F)C2)c1)N1CCN(c2ccc3c(N4CCC(=O)NC4=O)nn(C)c3c2)[C@@H](C)C1. The van der Waals surface area contributed by atoms with Crippen LogP contribution in [0.3, 0.4) is 0 Å². The Kier molecular flexibility index (Phi) is 10.5. The highest BCUT2D eigenvalue weighted by atomic mass is 32.2. The number of piperidine rings is 1. The lowest BCUT2D eigenvalue weighted by atomic mass is 9.92. The van der Waals surface area contributed by atoms with E-state index in [1.165, 1.54) is 9.21 Å². The molecule has 19 heteroatoms. The number of nitrogens with zero attached hydrogens (tertiary/aromatic N) is 9. The van der Waals surface area contributed by atoms with Gasteiger partial charge in [-0.3, -0.25) is 34.3 Å². The Morgan fingerprint density at radius 2 is 1.83 bits per heavy atom. The summed E-state index contributed by atoms with van der Waals surface area (Å²) in [7, 11) is -2.17. The summed E-state index contributed by atoms with van der Waals surface area (Å²) in [5.41, 5.74) is 2.96. The Morgan fingerprint density at radius 1 is 1.00 bits per heavy atom. The third-order valence-corrected chi connectivity index (χ3v) is 16.2. The van der Waals surface area contributed by atoms with E-state index >= 15 is 4.39 Å². The van der Waals surface area contributed by atoms with Gasteiger partial charge in [0, 0.05) is 93.7 Å². The van der Waals surface area contributed by atoms with Gasteiger partial charge in [-0.15, -0.1) is 0 Å². The summed E-state index contributed by atoms with van der Waals surface area (Å²) in [6.45, 7) is 6.49. The van der Waals surface area contributed by atoms with Crippen molar-refractivity contribution < 1.29 is 32.3 Å². The van der Waals surface area contributed by atoms with Crippen LogP contribution in [0.1, 0.15) is 82.4 Å². The number of urea groups is 1. The van der Waals surface area contributed by atoms with E-state index in [0.717, 1.165) is 73.0 Å². The lowest BCUT2D eigenvalue weighted by Crippen LogP contribution is -2.52. The number of hydrogen-bond acceptors (Lipinski definition) is 12. The van der Waals surface area contributed by atoms with Crippen molar-refractivity contribution in [1.29, 1.82) is 0 Å². The van der Waals surface area contributed by atoms with Gasteiger partial charge in [0.15, 0.2) is 5.82 Å². The Bertz CT molecular complexity index is 2610. The second kappa shape index (κ2) is 15.8. The molecular weight excluding hydrogens is 830 g/mol. The number of fused-ring (bicyclic) bond motifs is 3. The maximum Gasteiger partial charge on any atom is 0.329 e. The molecule has 4 amide bonds. The van der Waals surface area contributed by atoms with E-state index in [1.54, 1.807) is 34.0 Å². The molecule has 334 valence electrons. The summed E-state index contributed by atoms with van der Waals surface area (Å²) in [5.74, 6) is 0.981. The quantitative estimate of drug-likeness (QED) is 0.220. The summed E-state index contributed by atoms with van der Waals surface area (Å²) in [6, 6.07) is 11.8. The van der Waals surface area contributed by atoms with Gasteiger partial charge in [0.05, 0.1) is 28.0 Å². The summed E-state index contributed by atoms with van der Waals surface area (Å²) in [6.07, 6.45) is 4.40. The number of carbonyl (C=O) groups is 3. The maximum absolute atomic E-state index is 16.0. The van der Waals surface area contributed by atoms with Crippen LogP contribution in [0.15, 0.2) is 53.6 Å². The average Bonchev–Trinajstić information content (AvgIpc) is 3.96. The summed E-state index contributed by atoms with van der Waals surface area (Å²) >= 11 is 0. The van der Waals surface area contributed by atoms with Crippen molar-refractivity contribution in [3.8, 4) is 0 Å². The Labute approximate surface area is 365 Å². The fourth-order valence-corrected chi connectivity index (χ4v) is 12.1. The number of aryl methyl sites for hydroxylation is 1. The first kappa shape index (κ1) is 41.8. The molecular formula is C44H54FN11O6S. The third kappa shape index (κ3) is 7.29. The number of piperazine rings is 1. The Hall–Kier alpha value is -5.24. The standard InChI is InChI=1S/C44H54FN11O6S/c1-26-24-52(18-19-54(26)29-10-11-33-37(22-29)51(3)50-39(33)55-17-13-38(58)48-43(55)60)27(2)28-6-4-9-32(20-28)63(61,62)53-16-12-36(35(45)25-53)47-42-46-23-34-40(49-42)56(41(59)44(34)14-15-44)30-7-5-8-31(57)21-30/h4,6,9-11,20,22-23,26-27,30-31,35-36,57H,5,7-8,12-19,21,24-25H2,1-3H3,(H,46,47,49)(H,48,58,60)/t26-,27-,30+,31?,35+,36?/m0/s1. The van der Waals surface area contributed by atoms with Crippen LogP contribution in [0.5, 0.6) is 0 Å².